The quantitative estimate of drug-likeness (QED) is 0.861. The highest BCUT2D eigenvalue weighted by molar-refractivity contribution is 7.99. The van der Waals surface area contributed by atoms with Crippen molar-refractivity contribution in [3.63, 3.8) is 0 Å². The lowest BCUT2D eigenvalue weighted by atomic mass is 9.95. The molecular weight excluding hydrogens is 264 g/mol. The van der Waals surface area contributed by atoms with Crippen molar-refractivity contribution >= 4 is 11.8 Å². The van der Waals surface area contributed by atoms with Gasteiger partial charge in [-0.25, -0.2) is 8.78 Å². The Morgan fingerprint density at radius 3 is 2.63 bits per heavy atom. The minimum Gasteiger partial charge on any atom is -0.310 e. The highest BCUT2D eigenvalue weighted by atomic mass is 32.2. The Balaban J connectivity index is 1.81. The van der Waals surface area contributed by atoms with Gasteiger partial charge >= 0.3 is 0 Å². The van der Waals surface area contributed by atoms with Crippen molar-refractivity contribution in [3.8, 4) is 0 Å². The van der Waals surface area contributed by atoms with Crippen LogP contribution in [0, 0.1) is 0 Å². The van der Waals surface area contributed by atoms with Gasteiger partial charge in [0.15, 0.2) is 0 Å². The molecule has 0 heterocycles. The normalized spacial score (nSPS) is 23.8. The number of rotatable bonds is 5. The number of benzene rings is 1. The van der Waals surface area contributed by atoms with Crippen LogP contribution in [-0.2, 0) is 6.54 Å². The van der Waals surface area contributed by atoms with Gasteiger partial charge in [0.1, 0.15) is 0 Å². The van der Waals surface area contributed by atoms with Gasteiger partial charge in [-0.05, 0) is 31.1 Å². The van der Waals surface area contributed by atoms with Crippen molar-refractivity contribution in [1.29, 1.82) is 0 Å². The Hall–Kier alpha value is -0.610. The predicted octanol–water partition coefficient (Wildman–Crippen LogP) is 4.39. The third-order valence-corrected chi connectivity index (χ3v) is 4.88. The van der Waals surface area contributed by atoms with Gasteiger partial charge in [0, 0.05) is 23.4 Å². The summed E-state index contributed by atoms with van der Waals surface area (Å²) in [6.07, 6.45) is 4.86. The second-order valence-corrected chi connectivity index (χ2v) is 6.28. The largest absolute Gasteiger partial charge is 0.310 e. The van der Waals surface area contributed by atoms with E-state index in [2.05, 4.69) is 11.6 Å². The van der Waals surface area contributed by atoms with Gasteiger partial charge in [0.05, 0.1) is 0 Å². The first kappa shape index (κ1) is 14.8. The smallest absolute Gasteiger partial charge is 0.263 e. The van der Waals surface area contributed by atoms with Crippen molar-refractivity contribution < 1.29 is 8.78 Å². The summed E-state index contributed by atoms with van der Waals surface area (Å²) in [6, 6.07) is 7.20. The van der Waals surface area contributed by atoms with Crippen LogP contribution >= 0.6 is 11.8 Å². The zero-order valence-corrected chi connectivity index (χ0v) is 12.1. The van der Waals surface area contributed by atoms with Crippen LogP contribution in [0.3, 0.4) is 0 Å². The first-order chi connectivity index (χ1) is 9.19. The lowest BCUT2D eigenvalue weighted by Crippen LogP contribution is -2.34. The highest BCUT2D eigenvalue weighted by Crippen LogP contribution is 2.27. The fourth-order valence-electron chi connectivity index (χ4n) is 2.59. The minimum absolute atomic E-state index is 0.101. The second kappa shape index (κ2) is 7.25. The molecule has 2 rings (SSSR count). The fourth-order valence-corrected chi connectivity index (χ4v) is 3.41. The molecular formula is C15H21F2NS. The molecule has 1 aromatic carbocycles. The summed E-state index contributed by atoms with van der Waals surface area (Å²) in [5.74, 6) is 0. The van der Waals surface area contributed by atoms with Crippen molar-refractivity contribution in [3.05, 3.63) is 35.4 Å². The molecule has 0 spiro atoms. The zero-order chi connectivity index (χ0) is 13.7. The summed E-state index contributed by atoms with van der Waals surface area (Å²) in [5.41, 5.74) is 1.18. The van der Waals surface area contributed by atoms with Crippen LogP contribution in [0.1, 0.15) is 43.2 Å². The maximum Gasteiger partial charge on any atom is 0.263 e. The summed E-state index contributed by atoms with van der Waals surface area (Å²) in [6.45, 7) is 0.773. The van der Waals surface area contributed by atoms with Crippen LogP contribution in [-0.4, -0.2) is 17.5 Å². The van der Waals surface area contributed by atoms with E-state index in [1.165, 1.54) is 37.8 Å². The SMILES string of the molecule is CSC1CCCC(NCc2ccc(C(F)F)cc2)C1. The zero-order valence-electron chi connectivity index (χ0n) is 11.2. The first-order valence-corrected chi connectivity index (χ1v) is 8.11. The Kier molecular flexibility index (Phi) is 5.64. The number of halogens is 2. The van der Waals surface area contributed by atoms with Crippen LogP contribution in [0.15, 0.2) is 24.3 Å². The predicted molar refractivity (Wildman–Crippen MR) is 77.8 cm³/mol. The standard InChI is InChI=1S/C15H21F2NS/c1-19-14-4-2-3-13(9-14)18-10-11-5-7-12(8-6-11)15(16)17/h5-8,13-15,18H,2-4,9-10H2,1H3. The molecule has 1 saturated carbocycles. The summed E-state index contributed by atoms with van der Waals surface area (Å²) < 4.78 is 24.9. The van der Waals surface area contributed by atoms with E-state index in [1.807, 2.05) is 11.8 Å². The first-order valence-electron chi connectivity index (χ1n) is 6.82. The summed E-state index contributed by atoms with van der Waals surface area (Å²) in [5, 5.41) is 4.32. The van der Waals surface area contributed by atoms with Gasteiger partial charge in [-0.2, -0.15) is 11.8 Å². The average molecular weight is 285 g/mol. The molecule has 0 saturated heterocycles. The number of hydrogen-bond acceptors (Lipinski definition) is 2. The van der Waals surface area contributed by atoms with Crippen LogP contribution < -0.4 is 5.32 Å². The van der Waals surface area contributed by atoms with E-state index < -0.39 is 6.43 Å². The van der Waals surface area contributed by atoms with Crippen LogP contribution in [0.2, 0.25) is 0 Å². The highest BCUT2D eigenvalue weighted by Gasteiger charge is 2.20. The van der Waals surface area contributed by atoms with Gasteiger partial charge in [0.25, 0.3) is 6.43 Å². The third-order valence-electron chi connectivity index (χ3n) is 3.79. The Bertz CT molecular complexity index is 380. The van der Waals surface area contributed by atoms with Crippen LogP contribution in [0.5, 0.6) is 0 Å². The monoisotopic (exact) mass is 285 g/mol. The molecule has 0 radical (unpaired) electrons. The molecule has 2 atom stereocenters. The Morgan fingerprint density at radius 1 is 1.26 bits per heavy atom. The summed E-state index contributed by atoms with van der Waals surface area (Å²) >= 11 is 1.95. The molecule has 1 aliphatic carbocycles. The molecule has 0 amide bonds. The Morgan fingerprint density at radius 2 is 2.00 bits per heavy atom. The van der Waals surface area contributed by atoms with E-state index >= 15 is 0 Å². The second-order valence-electron chi connectivity index (χ2n) is 5.14. The summed E-state index contributed by atoms with van der Waals surface area (Å²) in [7, 11) is 0. The van der Waals surface area contributed by atoms with Gasteiger partial charge in [-0.3, -0.25) is 0 Å². The van der Waals surface area contributed by atoms with E-state index in [1.54, 1.807) is 12.1 Å². The van der Waals surface area contributed by atoms with Gasteiger partial charge < -0.3 is 5.32 Å². The molecule has 1 aromatic rings. The fraction of sp³-hybridized carbons (Fsp3) is 0.600. The molecule has 4 heteroatoms. The van der Waals surface area contributed by atoms with E-state index in [9.17, 15) is 8.78 Å². The number of nitrogens with one attached hydrogen (secondary N) is 1. The number of hydrogen-bond donors (Lipinski definition) is 1. The van der Waals surface area contributed by atoms with Crippen molar-refractivity contribution in [1.82, 2.24) is 5.32 Å². The maximum absolute atomic E-state index is 12.4. The van der Waals surface area contributed by atoms with Crippen LogP contribution in [0.25, 0.3) is 0 Å². The lowest BCUT2D eigenvalue weighted by molar-refractivity contribution is 0.151. The number of thioether (sulfide) groups is 1. The molecule has 1 fully saturated rings. The number of alkyl halides is 2. The minimum atomic E-state index is -2.37. The Labute approximate surface area is 118 Å². The van der Waals surface area contributed by atoms with E-state index in [4.69, 9.17) is 0 Å². The van der Waals surface area contributed by atoms with Gasteiger partial charge in [-0.15, -0.1) is 0 Å². The maximum atomic E-state index is 12.4. The van der Waals surface area contributed by atoms with Crippen molar-refractivity contribution in [2.75, 3.05) is 6.26 Å². The molecule has 1 aliphatic rings. The van der Waals surface area contributed by atoms with Crippen molar-refractivity contribution in [2.24, 2.45) is 0 Å². The molecule has 0 aromatic heterocycles. The molecule has 0 bridgehead atoms. The van der Waals surface area contributed by atoms with Crippen molar-refractivity contribution in [2.45, 2.75) is 49.9 Å². The van der Waals surface area contributed by atoms with Crippen LogP contribution in [0.4, 0.5) is 8.78 Å². The molecule has 106 valence electrons. The molecule has 1 nitrogen and oxygen atoms in total. The molecule has 19 heavy (non-hydrogen) atoms. The molecule has 1 N–H and O–H groups in total. The molecule has 2 unspecified atom stereocenters. The lowest BCUT2D eigenvalue weighted by Gasteiger charge is -2.28. The van der Waals surface area contributed by atoms with E-state index in [-0.39, 0.29) is 5.56 Å². The van der Waals surface area contributed by atoms with Gasteiger partial charge in [-0.1, -0.05) is 30.7 Å². The topological polar surface area (TPSA) is 12.0 Å². The third kappa shape index (κ3) is 4.46. The summed E-state index contributed by atoms with van der Waals surface area (Å²) in [4.78, 5) is 0. The van der Waals surface area contributed by atoms with E-state index in [0.29, 0.717) is 6.04 Å². The van der Waals surface area contributed by atoms with E-state index in [0.717, 1.165) is 17.4 Å². The van der Waals surface area contributed by atoms with Gasteiger partial charge in [0.2, 0.25) is 0 Å². The average Bonchev–Trinajstić information content (AvgIpc) is 2.46. The molecule has 0 aliphatic heterocycles.